The van der Waals surface area contributed by atoms with Gasteiger partial charge < -0.3 is 5.32 Å². The normalized spacial score (nSPS) is 16.1. The molecular weight excluding hydrogens is 398 g/mol. The molecule has 1 aromatic carbocycles. The number of carbonyl (C=O) groups is 1. The van der Waals surface area contributed by atoms with E-state index < -0.39 is 0 Å². The number of amides is 1. The van der Waals surface area contributed by atoms with Crippen LogP contribution in [0.2, 0.25) is 0 Å². The molecule has 0 saturated carbocycles. The average Bonchev–Trinajstić information content (AvgIpc) is 3.02. The molecule has 0 aliphatic heterocycles. The Morgan fingerprint density at radius 1 is 1.31 bits per heavy atom. The Labute approximate surface area is 181 Å². The number of nitrogens with zero attached hydrogens (tertiary/aromatic N) is 1. The highest BCUT2D eigenvalue weighted by Gasteiger charge is 2.32. The molecule has 1 heterocycles. The molecule has 6 heteroatoms. The number of anilines is 1. The highest BCUT2D eigenvalue weighted by molar-refractivity contribution is 7.80. The van der Waals surface area contributed by atoms with Gasteiger partial charge in [-0.25, -0.2) is 0 Å². The SMILES string of the molecule is CC(C)(C)C1CCc2c(sc(NC(=S)NC(=O)/C=C/c3ccccc3)c2C#N)C1. The first-order chi connectivity index (χ1) is 13.8. The number of hydrogen-bond donors (Lipinski definition) is 2. The molecule has 150 valence electrons. The summed E-state index contributed by atoms with van der Waals surface area (Å²) >= 11 is 6.88. The van der Waals surface area contributed by atoms with E-state index in [2.05, 4.69) is 37.5 Å². The van der Waals surface area contributed by atoms with Crippen molar-refractivity contribution in [2.45, 2.75) is 40.0 Å². The maximum absolute atomic E-state index is 12.1. The standard InChI is InChI=1S/C23H25N3OS2/c1-23(2,3)16-10-11-17-18(14-24)21(29-19(17)13-16)26-22(28)25-20(27)12-9-15-7-5-4-6-8-15/h4-9,12,16H,10-11,13H2,1-3H3,(H2,25,26,27,28)/b12-9+. The van der Waals surface area contributed by atoms with Gasteiger partial charge in [-0.05, 0) is 60.0 Å². The first-order valence-corrected chi connectivity index (χ1v) is 10.9. The van der Waals surface area contributed by atoms with Crippen molar-refractivity contribution in [3.63, 3.8) is 0 Å². The number of thiocarbonyl (C=S) groups is 1. The number of benzene rings is 1. The molecule has 1 aliphatic rings. The second-order valence-corrected chi connectivity index (χ2v) is 9.83. The van der Waals surface area contributed by atoms with E-state index >= 15 is 0 Å². The minimum atomic E-state index is -0.307. The molecule has 3 rings (SSSR count). The Morgan fingerprint density at radius 2 is 2.03 bits per heavy atom. The largest absolute Gasteiger partial charge is 0.323 e. The van der Waals surface area contributed by atoms with Crippen molar-refractivity contribution in [3.8, 4) is 6.07 Å². The summed E-state index contributed by atoms with van der Waals surface area (Å²) in [6.07, 6.45) is 6.17. The predicted octanol–water partition coefficient (Wildman–Crippen LogP) is 5.30. The van der Waals surface area contributed by atoms with Gasteiger partial charge in [-0.2, -0.15) is 5.26 Å². The molecule has 1 atom stereocenters. The Balaban J connectivity index is 1.67. The molecule has 0 fully saturated rings. The number of hydrogen-bond acceptors (Lipinski definition) is 4. The first-order valence-electron chi connectivity index (χ1n) is 9.67. The molecule has 1 aromatic heterocycles. The second-order valence-electron chi connectivity index (χ2n) is 8.31. The van der Waals surface area contributed by atoms with Crippen LogP contribution < -0.4 is 10.6 Å². The summed E-state index contributed by atoms with van der Waals surface area (Å²) in [6.45, 7) is 6.82. The third kappa shape index (κ3) is 5.31. The smallest absolute Gasteiger partial charge is 0.250 e. The Kier molecular flexibility index (Phi) is 6.51. The topological polar surface area (TPSA) is 64.9 Å². The third-order valence-electron chi connectivity index (χ3n) is 5.29. The van der Waals surface area contributed by atoms with E-state index in [4.69, 9.17) is 12.2 Å². The summed E-state index contributed by atoms with van der Waals surface area (Å²) in [5.74, 6) is 0.293. The van der Waals surface area contributed by atoms with E-state index in [1.54, 1.807) is 17.4 Å². The molecule has 0 spiro atoms. The minimum absolute atomic E-state index is 0.204. The number of nitrogens with one attached hydrogen (secondary N) is 2. The van der Waals surface area contributed by atoms with Crippen molar-refractivity contribution in [1.29, 1.82) is 5.26 Å². The van der Waals surface area contributed by atoms with E-state index in [-0.39, 0.29) is 16.4 Å². The van der Waals surface area contributed by atoms with Crippen molar-refractivity contribution in [1.82, 2.24) is 5.32 Å². The van der Waals surface area contributed by atoms with Gasteiger partial charge in [-0.3, -0.25) is 10.1 Å². The van der Waals surface area contributed by atoms with Crippen LogP contribution in [0, 0.1) is 22.7 Å². The Morgan fingerprint density at radius 3 is 2.69 bits per heavy atom. The zero-order chi connectivity index (χ0) is 21.0. The number of carbonyl (C=O) groups excluding carboxylic acids is 1. The van der Waals surface area contributed by atoms with Crippen molar-refractivity contribution in [2.75, 3.05) is 5.32 Å². The molecule has 4 nitrogen and oxygen atoms in total. The Hall–Kier alpha value is -2.49. The van der Waals surface area contributed by atoms with E-state index in [0.717, 1.165) is 35.4 Å². The highest BCUT2D eigenvalue weighted by atomic mass is 32.1. The molecular formula is C23H25N3OS2. The van der Waals surface area contributed by atoms with Crippen LogP contribution in [-0.4, -0.2) is 11.0 Å². The molecule has 1 aliphatic carbocycles. The van der Waals surface area contributed by atoms with Crippen LogP contribution in [0.5, 0.6) is 0 Å². The summed E-state index contributed by atoms with van der Waals surface area (Å²) < 4.78 is 0. The number of nitriles is 1. The van der Waals surface area contributed by atoms with Crippen molar-refractivity contribution < 1.29 is 4.79 Å². The van der Waals surface area contributed by atoms with Crippen LogP contribution in [0.15, 0.2) is 36.4 Å². The fourth-order valence-electron chi connectivity index (χ4n) is 3.56. The van der Waals surface area contributed by atoms with Crippen LogP contribution in [0.4, 0.5) is 5.00 Å². The highest BCUT2D eigenvalue weighted by Crippen LogP contribution is 2.43. The number of thiophene rings is 1. The van der Waals surface area contributed by atoms with Crippen LogP contribution in [-0.2, 0) is 17.6 Å². The average molecular weight is 424 g/mol. The second kappa shape index (κ2) is 8.89. The molecule has 0 radical (unpaired) electrons. The van der Waals surface area contributed by atoms with E-state index in [1.165, 1.54) is 11.0 Å². The summed E-state index contributed by atoms with van der Waals surface area (Å²) in [4.78, 5) is 13.4. The lowest BCUT2D eigenvalue weighted by Crippen LogP contribution is -2.32. The van der Waals surface area contributed by atoms with E-state index in [1.807, 2.05) is 30.3 Å². The first kappa shape index (κ1) is 21.2. The zero-order valence-electron chi connectivity index (χ0n) is 16.9. The molecule has 2 N–H and O–H groups in total. The fraction of sp³-hybridized carbons (Fsp3) is 0.348. The summed E-state index contributed by atoms with van der Waals surface area (Å²) in [5.41, 5.74) is 2.98. The summed E-state index contributed by atoms with van der Waals surface area (Å²) in [7, 11) is 0. The maximum atomic E-state index is 12.1. The maximum Gasteiger partial charge on any atom is 0.250 e. The van der Waals surface area contributed by atoms with Gasteiger partial charge in [-0.15, -0.1) is 11.3 Å². The van der Waals surface area contributed by atoms with E-state index in [0.29, 0.717) is 11.5 Å². The lowest BCUT2D eigenvalue weighted by Gasteiger charge is -2.33. The fourth-order valence-corrected chi connectivity index (χ4v) is 5.10. The quantitative estimate of drug-likeness (QED) is 0.519. The zero-order valence-corrected chi connectivity index (χ0v) is 18.5. The van der Waals surface area contributed by atoms with Gasteiger partial charge in [0, 0.05) is 11.0 Å². The summed E-state index contributed by atoms with van der Waals surface area (Å²) in [6, 6.07) is 11.9. The number of fused-ring (bicyclic) bond motifs is 1. The van der Waals surface area contributed by atoms with Gasteiger partial charge in [0.05, 0.1) is 5.56 Å². The lowest BCUT2D eigenvalue weighted by molar-refractivity contribution is -0.115. The van der Waals surface area contributed by atoms with Crippen LogP contribution in [0.1, 0.15) is 48.8 Å². The van der Waals surface area contributed by atoms with Gasteiger partial charge >= 0.3 is 0 Å². The molecule has 1 unspecified atom stereocenters. The monoisotopic (exact) mass is 423 g/mol. The number of rotatable bonds is 3. The van der Waals surface area contributed by atoms with Crippen LogP contribution in [0.3, 0.4) is 0 Å². The van der Waals surface area contributed by atoms with Crippen molar-refractivity contribution in [3.05, 3.63) is 58.0 Å². The van der Waals surface area contributed by atoms with Gasteiger partial charge in [-0.1, -0.05) is 51.1 Å². The molecule has 29 heavy (non-hydrogen) atoms. The van der Waals surface area contributed by atoms with E-state index in [9.17, 15) is 10.1 Å². The van der Waals surface area contributed by atoms with Gasteiger partial charge in [0.15, 0.2) is 5.11 Å². The van der Waals surface area contributed by atoms with Gasteiger partial charge in [0.2, 0.25) is 5.91 Å². The predicted molar refractivity (Wildman–Crippen MR) is 124 cm³/mol. The molecule has 2 aromatic rings. The minimum Gasteiger partial charge on any atom is -0.323 e. The summed E-state index contributed by atoms with van der Waals surface area (Å²) in [5, 5.41) is 16.3. The van der Waals surface area contributed by atoms with Crippen LogP contribution >= 0.6 is 23.6 Å². The third-order valence-corrected chi connectivity index (χ3v) is 6.67. The van der Waals surface area contributed by atoms with Gasteiger partial charge in [0.1, 0.15) is 11.1 Å². The van der Waals surface area contributed by atoms with Crippen LogP contribution in [0.25, 0.3) is 6.08 Å². The Bertz CT molecular complexity index is 978. The molecule has 0 bridgehead atoms. The lowest BCUT2D eigenvalue weighted by atomic mass is 9.72. The molecule has 0 saturated heterocycles. The van der Waals surface area contributed by atoms with Crippen molar-refractivity contribution >= 4 is 45.7 Å². The van der Waals surface area contributed by atoms with Gasteiger partial charge in [0.25, 0.3) is 0 Å². The molecule has 1 amide bonds. The van der Waals surface area contributed by atoms with Crippen molar-refractivity contribution in [2.24, 2.45) is 11.3 Å².